The van der Waals surface area contributed by atoms with Crippen LogP contribution in [0.2, 0.25) is 0 Å². The second-order valence-corrected chi connectivity index (χ2v) is 11.8. The van der Waals surface area contributed by atoms with Crippen LogP contribution in [-0.4, -0.2) is 6.18 Å². The van der Waals surface area contributed by atoms with E-state index < -0.39 is 80.4 Å². The third-order valence-corrected chi connectivity index (χ3v) is 8.26. The van der Waals surface area contributed by atoms with E-state index in [2.05, 4.69) is 11.7 Å². The number of aryl methyl sites for hydroxylation is 1. The lowest BCUT2D eigenvalue weighted by Gasteiger charge is -2.22. The summed E-state index contributed by atoms with van der Waals surface area (Å²) in [6, 6.07) is 11.6. The summed E-state index contributed by atoms with van der Waals surface area (Å²) in [6.07, 6.45) is -7.13. The van der Waals surface area contributed by atoms with Crippen molar-refractivity contribution in [3.8, 4) is 39.8 Å². The normalized spacial score (nSPS) is 14.7. The van der Waals surface area contributed by atoms with Crippen molar-refractivity contribution < 1.29 is 53.0 Å². The van der Waals surface area contributed by atoms with Gasteiger partial charge in [-0.2, -0.15) is 22.0 Å². The van der Waals surface area contributed by atoms with Crippen molar-refractivity contribution >= 4 is 10.8 Å². The minimum atomic E-state index is -5.13. The Hall–Kier alpha value is -5.05. The van der Waals surface area contributed by atoms with Crippen molar-refractivity contribution in [2.45, 2.75) is 38.5 Å². The van der Waals surface area contributed by atoms with Gasteiger partial charge in [0.25, 0.3) is 0 Å². The SMILES string of the molecule is CC1CCc2cc(-c3ccc(-c4cc(F)c(C(F)(F)Oc5cc(F)c6c(F)c(C#CC(F)(F)F)c(F)cc6c5)c(F)c4)c(F)c3)ccc2C1. The molecule has 0 amide bonds. The first-order valence-corrected chi connectivity index (χ1v) is 14.7. The van der Waals surface area contributed by atoms with Crippen molar-refractivity contribution in [1.29, 1.82) is 0 Å². The van der Waals surface area contributed by atoms with E-state index >= 15 is 22.0 Å². The summed E-state index contributed by atoms with van der Waals surface area (Å²) >= 11 is 0. The van der Waals surface area contributed by atoms with Gasteiger partial charge in [-0.05, 0) is 88.7 Å². The maximum atomic E-state index is 15.3. The predicted molar refractivity (Wildman–Crippen MR) is 160 cm³/mol. The largest absolute Gasteiger partial charge is 0.458 e. The summed E-state index contributed by atoms with van der Waals surface area (Å²) < 4.78 is 161. The van der Waals surface area contributed by atoms with Gasteiger partial charge in [0.05, 0.1) is 10.9 Å². The monoisotopic (exact) mass is 690 g/mol. The van der Waals surface area contributed by atoms with Crippen LogP contribution in [0.1, 0.15) is 35.6 Å². The van der Waals surface area contributed by atoms with E-state index in [1.807, 2.05) is 18.2 Å². The molecule has 0 fully saturated rings. The van der Waals surface area contributed by atoms with E-state index in [-0.39, 0.29) is 11.6 Å². The Morgan fingerprint density at radius 2 is 1.33 bits per heavy atom. The van der Waals surface area contributed by atoms with Crippen LogP contribution >= 0.6 is 0 Å². The fraction of sp³-hybridized carbons (Fsp3) is 0.189. The third-order valence-electron chi connectivity index (χ3n) is 8.26. The Kier molecular flexibility index (Phi) is 8.59. The van der Waals surface area contributed by atoms with Crippen LogP contribution in [0.5, 0.6) is 5.75 Å². The van der Waals surface area contributed by atoms with Crippen molar-refractivity contribution in [2.75, 3.05) is 0 Å². The topological polar surface area (TPSA) is 9.23 Å². The number of halogens is 11. The van der Waals surface area contributed by atoms with Gasteiger partial charge in [-0.15, -0.1) is 0 Å². The van der Waals surface area contributed by atoms with Crippen molar-refractivity contribution in [3.63, 3.8) is 0 Å². The van der Waals surface area contributed by atoms with Crippen LogP contribution in [0, 0.1) is 52.7 Å². The van der Waals surface area contributed by atoms with Gasteiger partial charge in [-0.25, -0.2) is 26.3 Å². The highest BCUT2D eigenvalue weighted by Crippen LogP contribution is 2.40. The Bertz CT molecular complexity index is 2170. The highest BCUT2D eigenvalue weighted by Gasteiger charge is 2.41. The van der Waals surface area contributed by atoms with E-state index in [9.17, 15) is 26.3 Å². The Morgan fingerprint density at radius 3 is 2.00 bits per heavy atom. The van der Waals surface area contributed by atoms with Gasteiger partial charge < -0.3 is 4.74 Å². The van der Waals surface area contributed by atoms with Gasteiger partial charge in [0.2, 0.25) is 0 Å². The standard InChI is InChI=1S/C37H21F11O/c1-18-2-3-20-11-21(5-4-19(20)10-18)22-6-7-26(28(38)13-22)23-14-31(41)34(32(42)15-23)37(47,48)49-25-12-24-16-29(39)27(8-9-36(44,45)46)35(43)33(24)30(40)17-25/h4-7,11-18H,2-3,10H2,1H3. The summed E-state index contributed by atoms with van der Waals surface area (Å²) in [4.78, 5) is 0. The average molecular weight is 691 g/mol. The molecule has 5 aromatic carbocycles. The first-order valence-electron chi connectivity index (χ1n) is 14.7. The molecule has 0 radical (unpaired) electrons. The zero-order valence-electron chi connectivity index (χ0n) is 25.1. The van der Waals surface area contributed by atoms with E-state index in [0.717, 1.165) is 36.5 Å². The molecule has 6 rings (SSSR count). The summed E-state index contributed by atoms with van der Waals surface area (Å²) in [5.74, 6) is -8.47. The third kappa shape index (κ3) is 6.80. The summed E-state index contributed by atoms with van der Waals surface area (Å²) in [5, 5.41) is -1.86. The molecule has 1 aliphatic rings. The predicted octanol–water partition coefficient (Wildman–Crippen LogP) is 11.2. The molecule has 0 spiro atoms. The Labute approximate surface area is 271 Å². The van der Waals surface area contributed by atoms with Crippen molar-refractivity contribution in [1.82, 2.24) is 0 Å². The molecule has 0 heterocycles. The van der Waals surface area contributed by atoms with E-state index in [1.165, 1.54) is 23.6 Å². The smallest absolute Gasteiger partial charge is 0.429 e. The van der Waals surface area contributed by atoms with Crippen LogP contribution in [0.4, 0.5) is 48.3 Å². The number of ether oxygens (including phenoxy) is 1. The molecule has 1 aliphatic carbocycles. The molecule has 1 unspecified atom stereocenters. The lowest BCUT2D eigenvalue weighted by molar-refractivity contribution is -0.189. The first-order chi connectivity index (χ1) is 23.0. The second kappa shape index (κ2) is 12.4. The van der Waals surface area contributed by atoms with E-state index in [1.54, 1.807) is 0 Å². The highest BCUT2D eigenvalue weighted by molar-refractivity contribution is 5.87. The number of fused-ring (bicyclic) bond motifs is 2. The van der Waals surface area contributed by atoms with Crippen molar-refractivity contribution in [2.24, 2.45) is 5.92 Å². The molecule has 1 nitrogen and oxygen atoms in total. The molecule has 0 aliphatic heterocycles. The second-order valence-electron chi connectivity index (χ2n) is 11.8. The van der Waals surface area contributed by atoms with Crippen LogP contribution in [0.15, 0.2) is 66.7 Å². The maximum absolute atomic E-state index is 15.3. The molecule has 252 valence electrons. The minimum Gasteiger partial charge on any atom is -0.429 e. The van der Waals surface area contributed by atoms with Gasteiger partial charge in [-0.3, -0.25) is 0 Å². The Morgan fingerprint density at radius 1 is 0.673 bits per heavy atom. The van der Waals surface area contributed by atoms with Crippen molar-refractivity contribution in [3.05, 3.63) is 124 Å². The zero-order valence-corrected chi connectivity index (χ0v) is 25.1. The lowest BCUT2D eigenvalue weighted by atomic mass is 9.83. The fourth-order valence-corrected chi connectivity index (χ4v) is 5.94. The molecular weight excluding hydrogens is 669 g/mol. The number of hydrogen-bond acceptors (Lipinski definition) is 1. The molecule has 0 saturated carbocycles. The molecule has 0 bridgehead atoms. The molecule has 0 N–H and O–H groups in total. The molecule has 1 atom stereocenters. The van der Waals surface area contributed by atoms with E-state index in [0.29, 0.717) is 41.7 Å². The average Bonchev–Trinajstić information content (AvgIpc) is 2.99. The van der Waals surface area contributed by atoms with Gasteiger partial charge in [0.15, 0.2) is 5.82 Å². The molecule has 12 heteroatoms. The number of benzene rings is 5. The fourth-order valence-electron chi connectivity index (χ4n) is 5.94. The molecule has 0 aromatic heterocycles. The van der Waals surface area contributed by atoms with Crippen LogP contribution in [0.3, 0.4) is 0 Å². The van der Waals surface area contributed by atoms with Crippen LogP contribution in [0.25, 0.3) is 33.0 Å². The minimum absolute atomic E-state index is 0.169. The lowest BCUT2D eigenvalue weighted by Crippen LogP contribution is -2.25. The molecule has 49 heavy (non-hydrogen) atoms. The van der Waals surface area contributed by atoms with Gasteiger partial charge in [0.1, 0.15) is 40.4 Å². The van der Waals surface area contributed by atoms with Gasteiger partial charge >= 0.3 is 12.3 Å². The van der Waals surface area contributed by atoms with Gasteiger partial charge in [0, 0.05) is 17.6 Å². The summed E-state index contributed by atoms with van der Waals surface area (Å²) in [7, 11) is 0. The molecule has 5 aromatic rings. The van der Waals surface area contributed by atoms with Gasteiger partial charge in [-0.1, -0.05) is 43.2 Å². The first kappa shape index (κ1) is 33.8. The zero-order chi connectivity index (χ0) is 35.4. The highest BCUT2D eigenvalue weighted by atomic mass is 19.4. The summed E-state index contributed by atoms with van der Waals surface area (Å²) in [6.45, 7) is 2.17. The summed E-state index contributed by atoms with van der Waals surface area (Å²) in [5.41, 5.74) is -0.458. The molecular formula is C37H21F11O. The van der Waals surface area contributed by atoms with E-state index in [4.69, 9.17) is 0 Å². The Balaban J connectivity index is 1.28. The number of hydrogen-bond donors (Lipinski definition) is 0. The number of alkyl halides is 5. The maximum Gasteiger partial charge on any atom is 0.458 e. The van der Waals surface area contributed by atoms with Crippen LogP contribution in [-0.2, 0) is 19.0 Å². The molecule has 0 saturated heterocycles. The van der Waals surface area contributed by atoms with Crippen LogP contribution < -0.4 is 4.74 Å². The number of rotatable bonds is 5. The quantitative estimate of drug-likeness (QED) is 0.132.